The van der Waals surface area contributed by atoms with E-state index in [1.165, 1.54) is 18.1 Å². The van der Waals surface area contributed by atoms with Crippen molar-refractivity contribution >= 4 is 34.9 Å². The van der Waals surface area contributed by atoms with Crippen molar-refractivity contribution in [3.05, 3.63) is 81.6 Å². The molecule has 1 saturated heterocycles. The minimum Gasteiger partial charge on any atom is -0.507 e. The molecule has 2 heterocycles. The molecular weight excluding hydrogens is 420 g/mol. The van der Waals surface area contributed by atoms with Gasteiger partial charge in [0.05, 0.1) is 23.7 Å². The Balaban J connectivity index is 1.93. The highest BCUT2D eigenvalue weighted by atomic mass is 35.5. The third-order valence-corrected chi connectivity index (χ3v) is 5.42. The zero-order valence-electron chi connectivity index (χ0n) is 17.0. The van der Waals surface area contributed by atoms with Gasteiger partial charge in [-0.3, -0.25) is 14.5 Å². The number of aryl methyl sites for hydroxylation is 2. The molecule has 7 nitrogen and oxygen atoms in total. The van der Waals surface area contributed by atoms with Crippen LogP contribution in [0.1, 0.15) is 28.5 Å². The van der Waals surface area contributed by atoms with Crippen molar-refractivity contribution in [3.8, 4) is 5.75 Å². The maximum atomic E-state index is 13.0. The summed E-state index contributed by atoms with van der Waals surface area (Å²) < 4.78 is 10.3. The maximum Gasteiger partial charge on any atom is 0.301 e. The molecule has 1 aliphatic rings. The number of carbonyl (C=O) groups is 2. The second-order valence-corrected chi connectivity index (χ2v) is 7.63. The molecule has 2 aromatic carbocycles. The number of ketones is 1. The van der Waals surface area contributed by atoms with E-state index >= 15 is 0 Å². The number of anilines is 1. The van der Waals surface area contributed by atoms with Gasteiger partial charge in [0.25, 0.3) is 5.78 Å². The number of aromatic nitrogens is 1. The first-order valence-electron chi connectivity index (χ1n) is 9.46. The first-order valence-corrected chi connectivity index (χ1v) is 9.84. The average molecular weight is 439 g/mol. The van der Waals surface area contributed by atoms with Crippen LogP contribution in [0.25, 0.3) is 5.76 Å². The fraction of sp³-hybridized carbons (Fsp3) is 0.174. The standard InChI is InChI=1S/C23H19ClN2O5/c1-12-4-6-14(7-5-12)20-19(21(27)15-8-9-17(30-3)16(24)11-15)22(28)23(29)26(20)18-10-13(2)31-25-18/h4-11,20,27H,1-3H3. The third-order valence-electron chi connectivity index (χ3n) is 5.13. The summed E-state index contributed by atoms with van der Waals surface area (Å²) in [5.41, 5.74) is 1.89. The maximum absolute atomic E-state index is 13.0. The second kappa shape index (κ2) is 7.92. The lowest BCUT2D eigenvalue weighted by Gasteiger charge is -2.23. The number of ether oxygens (including phenoxy) is 1. The summed E-state index contributed by atoms with van der Waals surface area (Å²) >= 11 is 6.20. The van der Waals surface area contributed by atoms with Gasteiger partial charge in [-0.25, -0.2) is 0 Å². The number of hydrogen-bond donors (Lipinski definition) is 1. The number of nitrogens with zero attached hydrogens (tertiary/aromatic N) is 2. The molecule has 1 aromatic heterocycles. The highest BCUT2D eigenvalue weighted by Gasteiger charge is 2.48. The molecule has 0 radical (unpaired) electrons. The molecule has 0 bridgehead atoms. The molecule has 8 heteroatoms. The topological polar surface area (TPSA) is 92.9 Å². The Morgan fingerprint density at radius 2 is 1.84 bits per heavy atom. The Hall–Kier alpha value is -3.58. The number of hydrogen-bond acceptors (Lipinski definition) is 6. The Morgan fingerprint density at radius 3 is 2.42 bits per heavy atom. The number of aliphatic hydroxyl groups is 1. The number of amides is 1. The number of aliphatic hydroxyl groups excluding tert-OH is 1. The number of rotatable bonds is 4. The van der Waals surface area contributed by atoms with E-state index in [2.05, 4.69) is 5.16 Å². The minimum atomic E-state index is -0.883. The van der Waals surface area contributed by atoms with Crippen molar-refractivity contribution in [2.75, 3.05) is 12.0 Å². The van der Waals surface area contributed by atoms with Gasteiger partial charge >= 0.3 is 5.91 Å². The summed E-state index contributed by atoms with van der Waals surface area (Å²) in [5.74, 6) is -0.864. The zero-order chi connectivity index (χ0) is 22.3. The number of benzene rings is 2. The van der Waals surface area contributed by atoms with Crippen LogP contribution in [-0.2, 0) is 9.59 Å². The number of methoxy groups -OCH3 is 1. The van der Waals surface area contributed by atoms with Crippen LogP contribution in [0.4, 0.5) is 5.82 Å². The first kappa shape index (κ1) is 20.7. The van der Waals surface area contributed by atoms with E-state index in [0.717, 1.165) is 5.56 Å². The van der Waals surface area contributed by atoms with Gasteiger partial charge in [-0.2, -0.15) is 0 Å². The van der Waals surface area contributed by atoms with E-state index in [-0.39, 0.29) is 27.7 Å². The molecular formula is C23H19ClN2O5. The minimum absolute atomic E-state index is 0.0595. The number of halogens is 1. The lowest BCUT2D eigenvalue weighted by molar-refractivity contribution is -0.132. The van der Waals surface area contributed by atoms with Crippen molar-refractivity contribution in [1.29, 1.82) is 0 Å². The average Bonchev–Trinajstić information content (AvgIpc) is 3.29. The lowest BCUT2D eigenvalue weighted by Crippen LogP contribution is -2.29. The van der Waals surface area contributed by atoms with E-state index in [1.54, 1.807) is 37.3 Å². The molecule has 4 rings (SSSR count). The summed E-state index contributed by atoms with van der Waals surface area (Å²) in [4.78, 5) is 27.3. The molecule has 1 atom stereocenters. The summed E-state index contributed by atoms with van der Waals surface area (Å²) in [5, 5.41) is 15.3. The quantitative estimate of drug-likeness (QED) is 0.364. The molecule has 1 N–H and O–H groups in total. The van der Waals surface area contributed by atoms with Crippen LogP contribution in [0.3, 0.4) is 0 Å². The van der Waals surface area contributed by atoms with Gasteiger partial charge in [-0.1, -0.05) is 46.6 Å². The fourth-order valence-electron chi connectivity index (χ4n) is 3.57. The van der Waals surface area contributed by atoms with Crippen LogP contribution < -0.4 is 9.64 Å². The lowest BCUT2D eigenvalue weighted by atomic mass is 9.94. The summed E-state index contributed by atoms with van der Waals surface area (Å²) in [6, 6.07) is 12.7. The van der Waals surface area contributed by atoms with Crippen LogP contribution in [0, 0.1) is 13.8 Å². The molecule has 1 aliphatic heterocycles. The van der Waals surface area contributed by atoms with Crippen molar-refractivity contribution in [3.63, 3.8) is 0 Å². The monoisotopic (exact) mass is 438 g/mol. The molecule has 0 aliphatic carbocycles. The van der Waals surface area contributed by atoms with E-state index in [1.807, 2.05) is 19.1 Å². The van der Waals surface area contributed by atoms with Gasteiger partial charge in [-0.15, -0.1) is 0 Å². The highest BCUT2D eigenvalue weighted by molar-refractivity contribution is 6.51. The normalized spacial score (nSPS) is 17.9. The van der Waals surface area contributed by atoms with Crippen LogP contribution in [-0.4, -0.2) is 29.1 Å². The van der Waals surface area contributed by atoms with Crippen LogP contribution in [0.15, 0.2) is 58.6 Å². The molecule has 0 spiro atoms. The van der Waals surface area contributed by atoms with Crippen molar-refractivity contribution in [2.24, 2.45) is 0 Å². The first-order chi connectivity index (χ1) is 14.8. The predicted molar refractivity (Wildman–Crippen MR) is 115 cm³/mol. The van der Waals surface area contributed by atoms with Gasteiger partial charge in [-0.05, 0) is 37.6 Å². The Labute approximate surface area is 183 Å². The SMILES string of the molecule is COc1ccc(C(O)=C2C(=O)C(=O)N(c3cc(C)on3)C2c2ccc(C)cc2)cc1Cl. The molecule has 1 amide bonds. The largest absolute Gasteiger partial charge is 0.507 e. The summed E-state index contributed by atoms with van der Waals surface area (Å²) in [6.45, 7) is 3.62. The Morgan fingerprint density at radius 1 is 1.13 bits per heavy atom. The number of carbonyl (C=O) groups excluding carboxylic acids is 2. The third kappa shape index (κ3) is 3.57. The van der Waals surface area contributed by atoms with Gasteiger partial charge in [0.1, 0.15) is 17.3 Å². The highest BCUT2D eigenvalue weighted by Crippen LogP contribution is 2.42. The fourth-order valence-corrected chi connectivity index (χ4v) is 3.83. The van der Waals surface area contributed by atoms with Gasteiger partial charge in [0.2, 0.25) is 0 Å². The molecule has 31 heavy (non-hydrogen) atoms. The zero-order valence-corrected chi connectivity index (χ0v) is 17.8. The number of Topliss-reactive ketones (excluding diaryl/α,β-unsaturated/α-hetero) is 1. The van der Waals surface area contributed by atoms with E-state index in [0.29, 0.717) is 17.1 Å². The van der Waals surface area contributed by atoms with Gasteiger partial charge in [0, 0.05) is 11.6 Å². The van der Waals surface area contributed by atoms with E-state index < -0.39 is 17.7 Å². The predicted octanol–water partition coefficient (Wildman–Crippen LogP) is 4.58. The Bertz CT molecular complexity index is 1210. The molecule has 0 saturated carbocycles. The Kier molecular flexibility index (Phi) is 5.29. The van der Waals surface area contributed by atoms with Gasteiger partial charge < -0.3 is 14.4 Å². The van der Waals surface area contributed by atoms with Gasteiger partial charge in [0.15, 0.2) is 5.82 Å². The molecule has 1 fully saturated rings. The van der Waals surface area contributed by atoms with Crippen molar-refractivity contribution < 1.29 is 24.0 Å². The van der Waals surface area contributed by atoms with Crippen molar-refractivity contribution in [2.45, 2.75) is 19.9 Å². The molecule has 3 aromatic rings. The smallest absolute Gasteiger partial charge is 0.301 e. The second-order valence-electron chi connectivity index (χ2n) is 7.22. The van der Waals surface area contributed by atoms with Crippen molar-refractivity contribution in [1.82, 2.24) is 5.16 Å². The van der Waals surface area contributed by atoms with Crippen LogP contribution in [0.2, 0.25) is 5.02 Å². The summed E-state index contributed by atoms with van der Waals surface area (Å²) in [6.07, 6.45) is 0. The van der Waals surface area contributed by atoms with Crippen LogP contribution in [0.5, 0.6) is 5.75 Å². The molecule has 1 unspecified atom stereocenters. The van der Waals surface area contributed by atoms with Crippen LogP contribution >= 0.6 is 11.6 Å². The summed E-state index contributed by atoms with van der Waals surface area (Å²) in [7, 11) is 1.48. The van der Waals surface area contributed by atoms with E-state index in [4.69, 9.17) is 20.9 Å². The molecule has 158 valence electrons. The van der Waals surface area contributed by atoms with E-state index in [9.17, 15) is 14.7 Å².